The van der Waals surface area contributed by atoms with E-state index in [1.54, 1.807) is 4.90 Å². The Morgan fingerprint density at radius 3 is 2.41 bits per heavy atom. The standard InChI is InChI=1S/C26H37N3O6S.ClH/c1-6-26(7-2)19-10-8-9-11-21(19)29(24(32)35-26)15-14-25(3,4)27-17-23(31)18-12-13-22(30)20(16-18)28-36(5,33)34;/h8-13,16,23,27-28,30-31H,6-7,14-15,17H2,1-5H3;1H/t23-;/m0./s1. The zero-order valence-electron chi connectivity index (χ0n) is 21.9. The Labute approximate surface area is 225 Å². The number of phenolic OH excluding ortho intramolecular Hbond substituents is 1. The maximum absolute atomic E-state index is 13.0. The predicted octanol–water partition coefficient (Wildman–Crippen LogP) is 4.65. The van der Waals surface area contributed by atoms with Gasteiger partial charge in [0.15, 0.2) is 0 Å². The van der Waals surface area contributed by atoms with Crippen LogP contribution in [0.25, 0.3) is 0 Å². The van der Waals surface area contributed by atoms with Gasteiger partial charge in [0.2, 0.25) is 10.0 Å². The van der Waals surface area contributed by atoms with E-state index in [2.05, 4.69) is 10.0 Å². The molecule has 2 aromatic rings. The quantitative estimate of drug-likeness (QED) is 0.297. The third kappa shape index (κ3) is 7.28. The van der Waals surface area contributed by atoms with E-state index in [4.69, 9.17) is 4.74 Å². The highest BCUT2D eigenvalue weighted by molar-refractivity contribution is 7.92. The fourth-order valence-corrected chi connectivity index (χ4v) is 5.03. The first-order valence-corrected chi connectivity index (χ1v) is 14.0. The summed E-state index contributed by atoms with van der Waals surface area (Å²) in [7, 11) is -3.58. The average Bonchev–Trinajstić information content (AvgIpc) is 2.82. The van der Waals surface area contributed by atoms with E-state index in [9.17, 15) is 23.4 Å². The molecular formula is C26H38ClN3O6S. The van der Waals surface area contributed by atoms with Gasteiger partial charge in [0, 0.05) is 24.2 Å². The predicted molar refractivity (Wildman–Crippen MR) is 148 cm³/mol. The van der Waals surface area contributed by atoms with Crippen LogP contribution in [0.3, 0.4) is 0 Å². The highest BCUT2D eigenvalue weighted by Gasteiger charge is 2.42. The van der Waals surface area contributed by atoms with Gasteiger partial charge in [0.1, 0.15) is 11.4 Å². The summed E-state index contributed by atoms with van der Waals surface area (Å²) in [5.74, 6) is -0.228. The number of hydrogen-bond acceptors (Lipinski definition) is 7. The number of rotatable bonds is 11. The molecule has 0 bridgehead atoms. The molecule has 0 saturated heterocycles. The van der Waals surface area contributed by atoms with Crippen LogP contribution in [0.1, 0.15) is 64.2 Å². The number of nitrogens with zero attached hydrogens (tertiary/aromatic N) is 1. The molecule has 1 aliphatic rings. The number of ether oxygens (including phenoxy) is 1. The van der Waals surface area contributed by atoms with Crippen molar-refractivity contribution in [3.05, 3.63) is 53.6 Å². The lowest BCUT2D eigenvalue weighted by Gasteiger charge is -2.42. The van der Waals surface area contributed by atoms with Crippen LogP contribution >= 0.6 is 12.4 Å². The van der Waals surface area contributed by atoms with Crippen LogP contribution in [0.15, 0.2) is 42.5 Å². The Kier molecular flexibility index (Phi) is 9.87. The lowest BCUT2D eigenvalue weighted by molar-refractivity contribution is -0.00134. The van der Waals surface area contributed by atoms with Crippen molar-refractivity contribution >= 4 is 39.9 Å². The van der Waals surface area contributed by atoms with Crippen LogP contribution in [-0.2, 0) is 20.4 Å². The monoisotopic (exact) mass is 555 g/mol. The summed E-state index contributed by atoms with van der Waals surface area (Å²) >= 11 is 0. The highest BCUT2D eigenvalue weighted by Crippen LogP contribution is 2.43. The number of hydrogen-bond donors (Lipinski definition) is 4. The Bertz CT molecular complexity index is 1200. The van der Waals surface area contributed by atoms with Crippen LogP contribution < -0.4 is 14.9 Å². The molecule has 0 radical (unpaired) electrons. The van der Waals surface area contributed by atoms with E-state index in [-0.39, 0.29) is 36.5 Å². The summed E-state index contributed by atoms with van der Waals surface area (Å²) in [5.41, 5.74) is 1.28. The smallest absolute Gasteiger partial charge is 0.415 e. The summed E-state index contributed by atoms with van der Waals surface area (Å²) in [6, 6.07) is 12.1. The van der Waals surface area contributed by atoms with Gasteiger partial charge in [-0.15, -0.1) is 12.4 Å². The van der Waals surface area contributed by atoms with Crippen LogP contribution in [0.2, 0.25) is 0 Å². The summed E-state index contributed by atoms with van der Waals surface area (Å²) in [5, 5.41) is 23.9. The number of cyclic esters (lactones) is 1. The molecule has 3 rings (SSSR count). The number of phenols is 1. The van der Waals surface area contributed by atoms with Crippen LogP contribution in [0, 0.1) is 0 Å². The number of aliphatic hydroxyl groups excluding tert-OH is 1. The van der Waals surface area contributed by atoms with Crippen LogP contribution in [-0.4, -0.2) is 49.6 Å². The Morgan fingerprint density at radius 2 is 1.78 bits per heavy atom. The minimum absolute atomic E-state index is 0. The van der Waals surface area contributed by atoms with Gasteiger partial charge in [-0.05, 0) is 56.9 Å². The molecule has 9 nitrogen and oxygen atoms in total. The SMILES string of the molecule is CCC1(CC)OC(=O)N(CCC(C)(C)NC[C@H](O)c2ccc(O)c(NS(C)(=O)=O)c2)c2ccccc21.Cl. The first-order chi connectivity index (χ1) is 16.8. The molecular weight excluding hydrogens is 518 g/mol. The van der Waals surface area contributed by atoms with E-state index in [0.29, 0.717) is 31.4 Å². The zero-order valence-corrected chi connectivity index (χ0v) is 23.6. The zero-order chi connectivity index (χ0) is 26.7. The number of nitrogens with one attached hydrogen (secondary N) is 2. The molecule has 0 spiro atoms. The van der Waals surface area contributed by atoms with Gasteiger partial charge < -0.3 is 20.3 Å². The molecule has 1 heterocycles. The van der Waals surface area contributed by atoms with E-state index in [1.165, 1.54) is 18.2 Å². The van der Waals surface area contributed by atoms with E-state index in [0.717, 1.165) is 17.5 Å². The number of fused-ring (bicyclic) bond motifs is 1. The first-order valence-electron chi connectivity index (χ1n) is 12.1. The maximum atomic E-state index is 13.0. The van der Waals surface area contributed by atoms with E-state index >= 15 is 0 Å². The Morgan fingerprint density at radius 1 is 1.14 bits per heavy atom. The normalized spacial score (nSPS) is 15.8. The number of carbonyl (C=O) groups is 1. The van der Waals surface area contributed by atoms with Gasteiger partial charge in [-0.1, -0.05) is 38.1 Å². The molecule has 2 aromatic carbocycles. The van der Waals surface area contributed by atoms with Crippen molar-refractivity contribution in [2.75, 3.05) is 29.0 Å². The summed E-state index contributed by atoms with van der Waals surface area (Å²) in [6.45, 7) is 8.63. The largest absolute Gasteiger partial charge is 0.506 e. The van der Waals surface area contributed by atoms with Crippen molar-refractivity contribution in [1.29, 1.82) is 0 Å². The molecule has 206 valence electrons. The van der Waals surface area contributed by atoms with Gasteiger partial charge in [0.25, 0.3) is 0 Å². The fraction of sp³-hybridized carbons (Fsp3) is 0.500. The third-order valence-electron chi connectivity index (χ3n) is 6.77. The number of amides is 1. The average molecular weight is 556 g/mol. The number of carbonyl (C=O) groups excluding carboxylic acids is 1. The molecule has 0 aliphatic carbocycles. The molecule has 1 aliphatic heterocycles. The maximum Gasteiger partial charge on any atom is 0.415 e. The molecule has 0 unspecified atom stereocenters. The minimum Gasteiger partial charge on any atom is -0.506 e. The summed E-state index contributed by atoms with van der Waals surface area (Å²) in [6.07, 6.45) is 1.67. The van der Waals surface area contributed by atoms with Gasteiger partial charge >= 0.3 is 6.09 Å². The molecule has 4 N–H and O–H groups in total. The summed E-state index contributed by atoms with van der Waals surface area (Å²) in [4.78, 5) is 14.7. The van der Waals surface area contributed by atoms with Gasteiger partial charge in [0.05, 0.1) is 23.7 Å². The highest BCUT2D eigenvalue weighted by atomic mass is 35.5. The van der Waals surface area contributed by atoms with Crippen molar-refractivity contribution in [1.82, 2.24) is 5.32 Å². The fourth-order valence-electron chi connectivity index (χ4n) is 4.47. The minimum atomic E-state index is -3.58. The topological polar surface area (TPSA) is 128 Å². The van der Waals surface area contributed by atoms with E-state index in [1.807, 2.05) is 52.0 Å². The molecule has 11 heteroatoms. The van der Waals surface area contributed by atoms with Gasteiger partial charge in [-0.3, -0.25) is 9.62 Å². The summed E-state index contributed by atoms with van der Waals surface area (Å²) < 4.78 is 31.2. The lowest BCUT2D eigenvalue weighted by atomic mass is 9.85. The molecule has 0 fully saturated rings. The third-order valence-corrected chi connectivity index (χ3v) is 7.36. The number of β-amino-alcohol motifs (C(OH)–C–C–N with tert-alkyl or cyclic N) is 1. The first kappa shape index (κ1) is 30.7. The second-order valence-electron chi connectivity index (χ2n) is 9.92. The number of anilines is 2. The van der Waals surface area contributed by atoms with Crippen molar-refractivity contribution in [2.45, 2.75) is 64.2 Å². The molecule has 1 atom stereocenters. The molecule has 0 aromatic heterocycles. The van der Waals surface area contributed by atoms with Crippen LogP contribution in [0.4, 0.5) is 16.2 Å². The number of benzene rings is 2. The molecule has 0 saturated carbocycles. The number of aliphatic hydroxyl groups is 1. The van der Waals surface area contributed by atoms with Crippen molar-refractivity contribution in [2.24, 2.45) is 0 Å². The lowest BCUT2D eigenvalue weighted by Crippen LogP contribution is -2.49. The van der Waals surface area contributed by atoms with Crippen molar-refractivity contribution in [3.63, 3.8) is 0 Å². The van der Waals surface area contributed by atoms with Crippen molar-refractivity contribution in [3.8, 4) is 5.75 Å². The number of sulfonamides is 1. The molecule has 1 amide bonds. The van der Waals surface area contributed by atoms with E-state index < -0.39 is 27.3 Å². The van der Waals surface area contributed by atoms with Crippen molar-refractivity contribution < 1.29 is 28.2 Å². The van der Waals surface area contributed by atoms with Gasteiger partial charge in [-0.2, -0.15) is 0 Å². The number of para-hydroxylation sites is 1. The Balaban J connectivity index is 0.00000481. The second kappa shape index (κ2) is 11.9. The number of aromatic hydroxyl groups is 1. The second-order valence-corrected chi connectivity index (χ2v) is 11.7. The molecule has 37 heavy (non-hydrogen) atoms. The van der Waals surface area contributed by atoms with Gasteiger partial charge in [-0.25, -0.2) is 13.2 Å². The number of halogens is 1. The van der Waals surface area contributed by atoms with Crippen LogP contribution in [0.5, 0.6) is 5.75 Å². The Hall–Kier alpha value is -2.53.